The molecule has 1 unspecified atom stereocenters. The number of piperazine rings is 1. The van der Waals surface area contributed by atoms with E-state index in [-0.39, 0.29) is 43.2 Å². The molecule has 1 saturated heterocycles. The fourth-order valence-corrected chi connectivity index (χ4v) is 9.91. The number of hydrogen-bond donors (Lipinski definition) is 3. The van der Waals surface area contributed by atoms with Gasteiger partial charge in [-0.05, 0) is 68.4 Å². The minimum atomic E-state index is -4.07. The van der Waals surface area contributed by atoms with Crippen LogP contribution in [-0.4, -0.2) is 93.0 Å². The number of aliphatic hydroxyl groups excluding tert-OH is 2. The molecular weight excluding hydrogens is 723 g/mol. The summed E-state index contributed by atoms with van der Waals surface area (Å²) in [7, 11) is -4.07. The Morgan fingerprint density at radius 2 is 1.69 bits per heavy atom. The molecule has 1 aliphatic carbocycles. The molecule has 2 amide bonds. The largest absolute Gasteiger partial charge is 0.390 e. The molecule has 2 aliphatic rings. The monoisotopic (exact) mass is 773 g/mol. The first kappa shape index (κ1) is 39.7. The van der Waals surface area contributed by atoms with Gasteiger partial charge in [-0.25, -0.2) is 13.4 Å². The number of hydrogen-bond acceptors (Lipinski definition) is 9. The first-order valence-electron chi connectivity index (χ1n) is 19.0. The molecule has 2 fully saturated rings. The fraction of sp³-hybridized carbons (Fsp3) is 0.463. The maximum absolute atomic E-state index is 14.7. The highest BCUT2D eigenvalue weighted by Crippen LogP contribution is 2.30. The molecule has 2 aromatic heterocycles. The van der Waals surface area contributed by atoms with Crippen LogP contribution in [0.4, 0.5) is 0 Å². The summed E-state index contributed by atoms with van der Waals surface area (Å²) in [5.74, 6) is -0.677. The minimum absolute atomic E-state index is 0.0132. The Labute approximate surface area is 322 Å². The normalized spacial score (nSPS) is 19.6. The molecule has 11 nitrogen and oxygen atoms in total. The molecule has 288 valence electrons. The third kappa shape index (κ3) is 9.99. The molecule has 6 rings (SSSR count). The van der Waals surface area contributed by atoms with Crippen LogP contribution >= 0.6 is 11.3 Å². The van der Waals surface area contributed by atoms with Crippen molar-refractivity contribution in [1.29, 1.82) is 0 Å². The molecule has 3 N–H and O–H groups in total. The predicted molar refractivity (Wildman–Crippen MR) is 208 cm³/mol. The van der Waals surface area contributed by atoms with Crippen LogP contribution in [-0.2, 0) is 38.9 Å². The van der Waals surface area contributed by atoms with Crippen LogP contribution in [0.3, 0.4) is 0 Å². The van der Waals surface area contributed by atoms with Gasteiger partial charge in [0.05, 0.1) is 28.2 Å². The van der Waals surface area contributed by atoms with Crippen LogP contribution in [0.2, 0.25) is 0 Å². The zero-order valence-corrected chi connectivity index (χ0v) is 32.4. The van der Waals surface area contributed by atoms with Gasteiger partial charge in [-0.3, -0.25) is 14.6 Å². The number of aromatic nitrogens is 2. The maximum atomic E-state index is 14.7. The van der Waals surface area contributed by atoms with Crippen LogP contribution in [0.25, 0.3) is 0 Å². The number of sulfonamides is 1. The number of aryl methyl sites for hydroxylation is 2. The number of carbonyl (C=O) groups is 2. The number of thiazole rings is 1. The average Bonchev–Trinajstić information content (AvgIpc) is 3.71. The van der Waals surface area contributed by atoms with Crippen molar-refractivity contribution in [1.82, 2.24) is 24.5 Å². The smallest absolute Gasteiger partial charge is 0.243 e. The summed E-state index contributed by atoms with van der Waals surface area (Å²) in [5.41, 5.74) is 4.80. The molecule has 0 bridgehead atoms. The Bertz CT molecular complexity index is 1890. The van der Waals surface area contributed by atoms with Gasteiger partial charge in [-0.15, -0.1) is 11.3 Å². The van der Waals surface area contributed by atoms with Gasteiger partial charge in [0, 0.05) is 36.8 Å². The van der Waals surface area contributed by atoms with E-state index in [0.29, 0.717) is 18.5 Å². The third-order valence-corrected chi connectivity index (χ3v) is 13.4. The summed E-state index contributed by atoms with van der Waals surface area (Å²) in [5, 5.41) is 27.8. The molecule has 1 saturated carbocycles. The van der Waals surface area contributed by atoms with Crippen molar-refractivity contribution in [2.45, 2.75) is 106 Å². The van der Waals surface area contributed by atoms with Crippen molar-refractivity contribution < 1.29 is 28.2 Å². The number of nitrogens with one attached hydrogen (secondary N) is 1. The molecule has 54 heavy (non-hydrogen) atoms. The van der Waals surface area contributed by atoms with Crippen molar-refractivity contribution in [3.63, 3.8) is 0 Å². The van der Waals surface area contributed by atoms with Crippen molar-refractivity contribution >= 4 is 33.2 Å². The summed E-state index contributed by atoms with van der Waals surface area (Å²) >= 11 is 1.38. The van der Waals surface area contributed by atoms with Gasteiger partial charge in [0.25, 0.3) is 0 Å². The van der Waals surface area contributed by atoms with E-state index < -0.39 is 52.2 Å². The topological polar surface area (TPSA) is 153 Å². The second-order valence-corrected chi connectivity index (χ2v) is 17.2. The van der Waals surface area contributed by atoms with Gasteiger partial charge >= 0.3 is 0 Å². The van der Waals surface area contributed by atoms with E-state index in [0.717, 1.165) is 48.9 Å². The number of amides is 2. The standard InChI is InChI=1S/C41H51N5O6S2/c1-29-15-18-34(19-16-29)54(51,52)46-23-22-45(41(50)37(46)25-31-12-6-3-7-13-31)36(26-33-27-53-28-43-33)40(49)44-35(24-30-10-4-2-5-11-30)39(48)38(47)20-17-32-14-8-9-21-42-32/h3,6-9,12-16,18-19,21,27-28,30,35-39,47-48H,2,4-5,10-11,17,20,22-26H2,1H3,(H,44,49)/t35-,36?,37+,38-,39+/m0/s1. The zero-order valence-electron chi connectivity index (χ0n) is 30.7. The average molecular weight is 774 g/mol. The molecular formula is C41H51N5O6S2. The molecule has 4 aromatic rings. The quantitative estimate of drug-likeness (QED) is 0.148. The van der Waals surface area contributed by atoms with Crippen molar-refractivity contribution in [3.8, 4) is 0 Å². The number of carbonyl (C=O) groups excluding carboxylic acids is 2. The zero-order chi connectivity index (χ0) is 38.1. The number of rotatable bonds is 16. The van der Waals surface area contributed by atoms with E-state index in [1.54, 1.807) is 36.0 Å². The molecule has 5 atom stereocenters. The Morgan fingerprint density at radius 1 is 0.944 bits per heavy atom. The first-order chi connectivity index (χ1) is 26.1. The van der Waals surface area contributed by atoms with E-state index in [1.165, 1.54) is 20.5 Å². The maximum Gasteiger partial charge on any atom is 0.243 e. The molecule has 1 aliphatic heterocycles. The van der Waals surface area contributed by atoms with Crippen LogP contribution in [0.15, 0.2) is 94.8 Å². The number of aliphatic hydroxyl groups is 2. The molecule has 0 spiro atoms. The highest BCUT2D eigenvalue weighted by molar-refractivity contribution is 7.89. The van der Waals surface area contributed by atoms with E-state index in [4.69, 9.17) is 0 Å². The lowest BCUT2D eigenvalue weighted by molar-refractivity contribution is -0.147. The van der Waals surface area contributed by atoms with Crippen LogP contribution in [0.5, 0.6) is 0 Å². The summed E-state index contributed by atoms with van der Waals surface area (Å²) < 4.78 is 29.6. The van der Waals surface area contributed by atoms with E-state index >= 15 is 0 Å². The highest BCUT2D eigenvalue weighted by Gasteiger charge is 2.46. The summed E-state index contributed by atoms with van der Waals surface area (Å²) in [6.07, 6.45) is 6.00. The second-order valence-electron chi connectivity index (χ2n) is 14.6. The number of pyridine rings is 1. The van der Waals surface area contributed by atoms with Gasteiger partial charge in [0.15, 0.2) is 0 Å². The first-order valence-corrected chi connectivity index (χ1v) is 21.3. The van der Waals surface area contributed by atoms with Gasteiger partial charge < -0.3 is 20.4 Å². The summed E-state index contributed by atoms with van der Waals surface area (Å²) in [6.45, 7) is 1.85. The van der Waals surface area contributed by atoms with Gasteiger partial charge in [0.1, 0.15) is 18.2 Å². The molecule has 0 radical (unpaired) electrons. The Balaban J connectivity index is 1.28. The Morgan fingerprint density at radius 3 is 2.37 bits per heavy atom. The van der Waals surface area contributed by atoms with Gasteiger partial charge in [-0.2, -0.15) is 4.31 Å². The second kappa shape index (κ2) is 18.5. The van der Waals surface area contributed by atoms with Gasteiger partial charge in [-0.1, -0.05) is 86.2 Å². The third-order valence-electron chi connectivity index (χ3n) is 10.8. The minimum Gasteiger partial charge on any atom is -0.390 e. The number of benzene rings is 2. The van der Waals surface area contributed by atoms with Crippen LogP contribution < -0.4 is 5.32 Å². The van der Waals surface area contributed by atoms with Gasteiger partial charge in [0.2, 0.25) is 21.8 Å². The summed E-state index contributed by atoms with van der Waals surface area (Å²) in [6, 6.07) is 18.5. The molecule has 3 heterocycles. The van der Waals surface area contributed by atoms with Crippen molar-refractivity contribution in [3.05, 3.63) is 112 Å². The molecule has 2 aromatic carbocycles. The van der Waals surface area contributed by atoms with E-state index in [2.05, 4.69) is 15.3 Å². The van der Waals surface area contributed by atoms with Crippen molar-refractivity contribution in [2.24, 2.45) is 5.92 Å². The molecule has 13 heteroatoms. The fourth-order valence-electron chi connectivity index (χ4n) is 7.76. The lowest BCUT2D eigenvalue weighted by Crippen LogP contribution is -2.65. The van der Waals surface area contributed by atoms with E-state index in [1.807, 2.05) is 60.8 Å². The number of nitrogens with zero attached hydrogens (tertiary/aromatic N) is 4. The Kier molecular flexibility index (Phi) is 13.6. The lowest BCUT2D eigenvalue weighted by Gasteiger charge is -2.43. The predicted octanol–water partition coefficient (Wildman–Crippen LogP) is 4.71. The van der Waals surface area contributed by atoms with Crippen molar-refractivity contribution in [2.75, 3.05) is 13.1 Å². The highest BCUT2D eigenvalue weighted by atomic mass is 32.2. The summed E-state index contributed by atoms with van der Waals surface area (Å²) in [4.78, 5) is 39.7. The SMILES string of the molecule is Cc1ccc(S(=O)(=O)N2CCN(C(Cc3cscn3)C(=O)N[C@@H](CC3CCCCC3)[C@@H](O)[C@@H](O)CCc3ccccn3)C(=O)[C@H]2Cc2ccccc2)cc1. The lowest BCUT2D eigenvalue weighted by atomic mass is 9.82. The van der Waals surface area contributed by atoms with E-state index in [9.17, 15) is 28.2 Å². The van der Waals surface area contributed by atoms with Crippen LogP contribution in [0.1, 0.15) is 67.5 Å². The van der Waals surface area contributed by atoms with Crippen LogP contribution in [0, 0.1) is 12.8 Å². The Hall–Kier alpha value is -4.01.